The molecule has 1 fully saturated rings. The summed E-state index contributed by atoms with van der Waals surface area (Å²) in [6.07, 6.45) is -0.0458. The van der Waals surface area contributed by atoms with Crippen LogP contribution in [0, 0.1) is 6.92 Å². The lowest BCUT2D eigenvalue weighted by Gasteiger charge is -2.33. The van der Waals surface area contributed by atoms with E-state index in [9.17, 15) is 4.79 Å². The van der Waals surface area contributed by atoms with Crippen LogP contribution in [0.1, 0.15) is 21.6 Å². The zero-order valence-corrected chi connectivity index (χ0v) is 19.6. The standard InChI is InChI=1S/C25H27N5O2S/c1-17-23-20(13-21(22-9-6-12-33-22)27-24(23)29(2)28-17)25(31)26-14-19-16-30(10-11-32-19)15-18-7-4-3-5-8-18/h3-9,12-13,19H,10-11,14-16H2,1-2H3,(H,26,31). The lowest BCUT2D eigenvalue weighted by atomic mass is 10.1. The van der Waals surface area contributed by atoms with Gasteiger partial charge in [0.25, 0.3) is 5.91 Å². The average Bonchev–Trinajstić information content (AvgIpc) is 3.46. The molecule has 1 aromatic carbocycles. The van der Waals surface area contributed by atoms with Crippen LogP contribution in [0.3, 0.4) is 0 Å². The number of morpholine rings is 1. The van der Waals surface area contributed by atoms with Crippen LogP contribution in [0.4, 0.5) is 0 Å². The summed E-state index contributed by atoms with van der Waals surface area (Å²) >= 11 is 1.61. The molecule has 170 valence electrons. The Kier molecular flexibility index (Phi) is 6.22. The summed E-state index contributed by atoms with van der Waals surface area (Å²) in [6, 6.07) is 16.3. The summed E-state index contributed by atoms with van der Waals surface area (Å²) in [7, 11) is 1.86. The minimum atomic E-state index is -0.125. The normalized spacial score (nSPS) is 16.8. The zero-order valence-electron chi connectivity index (χ0n) is 18.8. The molecule has 1 atom stereocenters. The highest BCUT2D eigenvalue weighted by Crippen LogP contribution is 2.29. The minimum absolute atomic E-state index is 0.0458. The van der Waals surface area contributed by atoms with E-state index in [0.717, 1.165) is 41.3 Å². The van der Waals surface area contributed by atoms with Crippen LogP contribution < -0.4 is 5.32 Å². The van der Waals surface area contributed by atoms with Gasteiger partial charge in [0.1, 0.15) is 0 Å². The third-order valence-electron chi connectivity index (χ3n) is 5.95. The molecule has 3 aromatic heterocycles. The minimum Gasteiger partial charge on any atom is -0.374 e. The van der Waals surface area contributed by atoms with Gasteiger partial charge in [-0.25, -0.2) is 4.98 Å². The molecule has 1 aliphatic heterocycles. The lowest BCUT2D eigenvalue weighted by molar-refractivity contribution is -0.0292. The van der Waals surface area contributed by atoms with E-state index >= 15 is 0 Å². The second kappa shape index (κ2) is 9.43. The highest BCUT2D eigenvalue weighted by atomic mass is 32.1. The van der Waals surface area contributed by atoms with Crippen molar-refractivity contribution in [2.75, 3.05) is 26.2 Å². The Bertz CT molecular complexity index is 1250. The number of aryl methyl sites for hydroxylation is 2. The Labute approximate surface area is 197 Å². The van der Waals surface area contributed by atoms with Crippen LogP contribution in [-0.2, 0) is 18.3 Å². The van der Waals surface area contributed by atoms with E-state index in [1.807, 2.05) is 43.6 Å². The molecule has 4 heterocycles. The number of carbonyl (C=O) groups is 1. The Balaban J connectivity index is 1.32. The summed E-state index contributed by atoms with van der Waals surface area (Å²) in [5, 5.41) is 10.4. The van der Waals surface area contributed by atoms with Gasteiger partial charge in [-0.1, -0.05) is 36.4 Å². The molecular formula is C25H27N5O2S. The van der Waals surface area contributed by atoms with Crippen molar-refractivity contribution in [2.45, 2.75) is 19.6 Å². The molecule has 1 N–H and O–H groups in total. The third kappa shape index (κ3) is 4.68. The van der Waals surface area contributed by atoms with Crippen LogP contribution in [-0.4, -0.2) is 57.9 Å². The fourth-order valence-electron chi connectivity index (χ4n) is 4.37. The highest BCUT2D eigenvalue weighted by Gasteiger charge is 2.23. The molecule has 0 saturated carbocycles. The van der Waals surface area contributed by atoms with E-state index in [1.54, 1.807) is 16.0 Å². The first-order valence-electron chi connectivity index (χ1n) is 11.1. The number of fused-ring (bicyclic) bond motifs is 1. The van der Waals surface area contributed by atoms with Crippen molar-refractivity contribution in [3.63, 3.8) is 0 Å². The number of amides is 1. The van der Waals surface area contributed by atoms with Crippen LogP contribution in [0.25, 0.3) is 21.6 Å². The summed E-state index contributed by atoms with van der Waals surface area (Å²) in [5.41, 5.74) is 4.19. The fraction of sp³-hybridized carbons (Fsp3) is 0.320. The number of pyridine rings is 1. The molecule has 0 bridgehead atoms. The molecule has 7 nitrogen and oxygen atoms in total. The number of nitrogens with zero attached hydrogens (tertiary/aromatic N) is 4. The van der Waals surface area contributed by atoms with Gasteiger partial charge in [-0.05, 0) is 30.0 Å². The van der Waals surface area contributed by atoms with Crippen LogP contribution in [0.2, 0.25) is 0 Å². The number of carbonyl (C=O) groups excluding carboxylic acids is 1. The Morgan fingerprint density at radius 1 is 1.24 bits per heavy atom. The first-order chi connectivity index (χ1) is 16.1. The third-order valence-corrected chi connectivity index (χ3v) is 6.84. The maximum absolute atomic E-state index is 13.3. The molecule has 5 rings (SSSR count). The number of hydrogen-bond acceptors (Lipinski definition) is 6. The molecule has 4 aromatic rings. The van der Waals surface area contributed by atoms with E-state index in [1.165, 1.54) is 5.56 Å². The predicted octanol–water partition coefficient (Wildman–Crippen LogP) is 3.64. The summed E-state index contributed by atoms with van der Waals surface area (Å²) < 4.78 is 7.69. The molecule has 1 aliphatic rings. The maximum Gasteiger partial charge on any atom is 0.252 e. The topological polar surface area (TPSA) is 72.3 Å². The van der Waals surface area contributed by atoms with E-state index in [2.05, 4.69) is 39.6 Å². The molecule has 1 saturated heterocycles. The van der Waals surface area contributed by atoms with E-state index in [4.69, 9.17) is 9.72 Å². The Hall–Kier alpha value is -3.07. The fourth-order valence-corrected chi connectivity index (χ4v) is 5.05. The van der Waals surface area contributed by atoms with Gasteiger partial charge in [-0.15, -0.1) is 11.3 Å². The van der Waals surface area contributed by atoms with Gasteiger partial charge in [0.2, 0.25) is 0 Å². The van der Waals surface area contributed by atoms with Crippen molar-refractivity contribution in [3.05, 3.63) is 70.7 Å². The van der Waals surface area contributed by atoms with E-state index in [0.29, 0.717) is 24.4 Å². The van der Waals surface area contributed by atoms with Gasteiger partial charge in [0.05, 0.1) is 39.9 Å². The second-order valence-corrected chi connectivity index (χ2v) is 9.31. The largest absolute Gasteiger partial charge is 0.374 e. The van der Waals surface area contributed by atoms with Gasteiger partial charge >= 0.3 is 0 Å². The van der Waals surface area contributed by atoms with Crippen LogP contribution in [0.15, 0.2) is 53.9 Å². The molecule has 0 radical (unpaired) electrons. The quantitative estimate of drug-likeness (QED) is 0.475. The number of nitrogens with one attached hydrogen (secondary N) is 1. The number of thiophene rings is 1. The van der Waals surface area contributed by atoms with Crippen molar-refractivity contribution >= 4 is 28.3 Å². The Morgan fingerprint density at radius 3 is 2.88 bits per heavy atom. The van der Waals surface area contributed by atoms with Gasteiger partial charge in [0.15, 0.2) is 5.65 Å². The maximum atomic E-state index is 13.3. The number of hydrogen-bond donors (Lipinski definition) is 1. The van der Waals surface area contributed by atoms with Crippen LogP contribution >= 0.6 is 11.3 Å². The zero-order chi connectivity index (χ0) is 22.8. The number of benzene rings is 1. The van der Waals surface area contributed by atoms with Crippen molar-refractivity contribution in [3.8, 4) is 10.6 Å². The highest BCUT2D eigenvalue weighted by molar-refractivity contribution is 7.13. The molecule has 1 unspecified atom stereocenters. The summed E-state index contributed by atoms with van der Waals surface area (Å²) in [4.78, 5) is 21.5. The van der Waals surface area contributed by atoms with Gasteiger partial charge < -0.3 is 10.1 Å². The monoisotopic (exact) mass is 461 g/mol. The van der Waals surface area contributed by atoms with Gasteiger partial charge in [-0.3, -0.25) is 14.4 Å². The molecular weight excluding hydrogens is 434 g/mol. The number of aromatic nitrogens is 3. The van der Waals surface area contributed by atoms with Gasteiger partial charge in [-0.2, -0.15) is 5.10 Å². The smallest absolute Gasteiger partial charge is 0.252 e. The predicted molar refractivity (Wildman–Crippen MR) is 130 cm³/mol. The summed E-state index contributed by atoms with van der Waals surface area (Å²) in [5.74, 6) is -0.125. The van der Waals surface area contributed by atoms with Crippen molar-refractivity contribution in [2.24, 2.45) is 7.05 Å². The number of ether oxygens (including phenoxy) is 1. The molecule has 33 heavy (non-hydrogen) atoms. The van der Waals surface area contributed by atoms with E-state index in [-0.39, 0.29) is 12.0 Å². The van der Waals surface area contributed by atoms with Crippen molar-refractivity contribution < 1.29 is 9.53 Å². The number of rotatable bonds is 6. The van der Waals surface area contributed by atoms with Crippen molar-refractivity contribution in [1.82, 2.24) is 25.0 Å². The molecule has 0 spiro atoms. The van der Waals surface area contributed by atoms with E-state index < -0.39 is 0 Å². The SMILES string of the molecule is Cc1nn(C)c2nc(-c3cccs3)cc(C(=O)NCC3CN(Cc4ccccc4)CCO3)c12. The second-order valence-electron chi connectivity index (χ2n) is 8.36. The molecule has 1 amide bonds. The first kappa shape index (κ1) is 21.8. The average molecular weight is 462 g/mol. The molecule has 0 aliphatic carbocycles. The first-order valence-corrected chi connectivity index (χ1v) is 12.0. The lowest BCUT2D eigenvalue weighted by Crippen LogP contribution is -2.47. The molecule has 8 heteroatoms. The Morgan fingerprint density at radius 2 is 2.09 bits per heavy atom. The van der Waals surface area contributed by atoms with Crippen LogP contribution in [0.5, 0.6) is 0 Å². The van der Waals surface area contributed by atoms with Gasteiger partial charge in [0, 0.05) is 33.2 Å². The summed E-state index contributed by atoms with van der Waals surface area (Å²) in [6.45, 7) is 5.60. The van der Waals surface area contributed by atoms with Crippen molar-refractivity contribution in [1.29, 1.82) is 0 Å².